The molecule has 1 aliphatic carbocycles. The quantitative estimate of drug-likeness (QED) is 0.915. The Hall–Kier alpha value is -2.63. The number of amides is 1. The summed E-state index contributed by atoms with van der Waals surface area (Å²) in [6.45, 7) is 3.53. The van der Waals surface area contributed by atoms with Gasteiger partial charge in [0, 0.05) is 37.8 Å². The number of nitrogens with zero attached hydrogens (tertiary/aromatic N) is 3. The van der Waals surface area contributed by atoms with Gasteiger partial charge >= 0.3 is 0 Å². The molecular weight excluding hydrogens is 331 g/mol. The molecule has 2 fully saturated rings. The molecule has 136 valence electrons. The van der Waals surface area contributed by atoms with E-state index < -0.39 is 0 Å². The van der Waals surface area contributed by atoms with Crippen molar-refractivity contribution in [1.82, 2.24) is 4.98 Å². The minimum Gasteiger partial charge on any atom is -0.368 e. The maximum Gasteiger partial charge on any atom is 0.228 e. The van der Waals surface area contributed by atoms with Crippen LogP contribution in [0.5, 0.6) is 0 Å². The van der Waals surface area contributed by atoms with Gasteiger partial charge in [0.25, 0.3) is 0 Å². The third-order valence-electron chi connectivity index (χ3n) is 5.31. The number of aromatic nitrogens is 1. The highest BCUT2D eigenvalue weighted by molar-refractivity contribution is 5.92. The molecule has 1 saturated heterocycles. The standard InChI is InChI=1S/C20H23FN4O/c21-16-4-6-17(7-5-16)24-10-12-25(13-11-24)18-8-9-19(22-14-18)23-20(26)15-2-1-3-15/h4-9,14-15H,1-3,10-13H2,(H,22,23,26). The van der Waals surface area contributed by atoms with Crippen LogP contribution in [0.15, 0.2) is 42.6 Å². The summed E-state index contributed by atoms with van der Waals surface area (Å²) in [6.07, 6.45) is 4.95. The summed E-state index contributed by atoms with van der Waals surface area (Å²) < 4.78 is 13.1. The second-order valence-electron chi connectivity index (χ2n) is 6.97. The van der Waals surface area contributed by atoms with E-state index in [2.05, 4.69) is 20.1 Å². The number of halogens is 1. The molecule has 1 aromatic heterocycles. The first-order valence-corrected chi connectivity index (χ1v) is 9.21. The lowest BCUT2D eigenvalue weighted by Crippen LogP contribution is -2.46. The van der Waals surface area contributed by atoms with Crippen molar-refractivity contribution < 1.29 is 9.18 Å². The molecule has 5 nitrogen and oxygen atoms in total. The Kier molecular flexibility index (Phi) is 4.73. The summed E-state index contributed by atoms with van der Waals surface area (Å²) in [5, 5.41) is 2.90. The van der Waals surface area contributed by atoms with Gasteiger partial charge in [-0.1, -0.05) is 6.42 Å². The van der Waals surface area contributed by atoms with Crippen LogP contribution in [0.1, 0.15) is 19.3 Å². The van der Waals surface area contributed by atoms with Crippen LogP contribution in [0.4, 0.5) is 21.6 Å². The van der Waals surface area contributed by atoms with Crippen molar-refractivity contribution >= 4 is 23.1 Å². The fourth-order valence-corrected chi connectivity index (χ4v) is 3.42. The third kappa shape index (κ3) is 3.64. The highest BCUT2D eigenvalue weighted by Gasteiger charge is 2.25. The first-order chi connectivity index (χ1) is 12.7. The van der Waals surface area contributed by atoms with Crippen molar-refractivity contribution in [2.75, 3.05) is 41.3 Å². The van der Waals surface area contributed by atoms with E-state index in [1.807, 2.05) is 30.5 Å². The van der Waals surface area contributed by atoms with E-state index in [1.54, 1.807) is 0 Å². The highest BCUT2D eigenvalue weighted by Crippen LogP contribution is 2.27. The molecule has 1 amide bonds. The van der Waals surface area contributed by atoms with Crippen molar-refractivity contribution in [2.24, 2.45) is 5.92 Å². The number of piperazine rings is 1. The number of carbonyl (C=O) groups excluding carboxylic acids is 1. The molecule has 1 aromatic carbocycles. The Morgan fingerprint density at radius 2 is 1.58 bits per heavy atom. The number of pyridine rings is 1. The normalized spacial score (nSPS) is 17.7. The molecule has 2 aromatic rings. The molecule has 1 aliphatic heterocycles. The lowest BCUT2D eigenvalue weighted by molar-refractivity contribution is -0.122. The largest absolute Gasteiger partial charge is 0.368 e. The van der Waals surface area contributed by atoms with Crippen LogP contribution >= 0.6 is 0 Å². The SMILES string of the molecule is O=C(Nc1ccc(N2CCN(c3ccc(F)cc3)CC2)cn1)C1CCC1. The Labute approximate surface area is 152 Å². The molecule has 0 atom stereocenters. The van der Waals surface area contributed by atoms with Crippen molar-refractivity contribution in [2.45, 2.75) is 19.3 Å². The molecule has 0 unspecified atom stereocenters. The van der Waals surface area contributed by atoms with Gasteiger partial charge < -0.3 is 15.1 Å². The second-order valence-corrected chi connectivity index (χ2v) is 6.97. The molecule has 6 heteroatoms. The molecule has 2 aliphatic rings. The van der Waals surface area contributed by atoms with E-state index in [1.165, 1.54) is 12.1 Å². The Morgan fingerprint density at radius 3 is 2.12 bits per heavy atom. The fourth-order valence-electron chi connectivity index (χ4n) is 3.42. The lowest BCUT2D eigenvalue weighted by Gasteiger charge is -2.37. The van der Waals surface area contributed by atoms with E-state index >= 15 is 0 Å². The van der Waals surface area contributed by atoms with Crippen molar-refractivity contribution in [3.63, 3.8) is 0 Å². The van der Waals surface area contributed by atoms with Crippen LogP contribution in [0, 0.1) is 11.7 Å². The molecule has 4 rings (SSSR count). The van der Waals surface area contributed by atoms with E-state index in [9.17, 15) is 9.18 Å². The number of nitrogens with one attached hydrogen (secondary N) is 1. The van der Waals surface area contributed by atoms with Gasteiger partial charge in [0.05, 0.1) is 11.9 Å². The van der Waals surface area contributed by atoms with Crippen LogP contribution in [-0.4, -0.2) is 37.1 Å². The minimum absolute atomic E-state index is 0.0874. The van der Waals surface area contributed by atoms with Crippen molar-refractivity contribution in [3.05, 3.63) is 48.4 Å². The maximum absolute atomic E-state index is 13.1. The van der Waals surface area contributed by atoms with Gasteiger partial charge in [-0.25, -0.2) is 9.37 Å². The molecule has 0 bridgehead atoms. The Balaban J connectivity index is 1.32. The first kappa shape index (κ1) is 16.8. The van der Waals surface area contributed by atoms with Gasteiger partial charge in [0.2, 0.25) is 5.91 Å². The smallest absolute Gasteiger partial charge is 0.228 e. The van der Waals surface area contributed by atoms with Crippen LogP contribution in [0.3, 0.4) is 0 Å². The van der Waals surface area contributed by atoms with Crippen molar-refractivity contribution in [3.8, 4) is 0 Å². The zero-order valence-corrected chi connectivity index (χ0v) is 14.7. The molecule has 0 radical (unpaired) electrons. The summed E-state index contributed by atoms with van der Waals surface area (Å²) in [6, 6.07) is 10.5. The summed E-state index contributed by atoms with van der Waals surface area (Å²) >= 11 is 0. The number of hydrogen-bond donors (Lipinski definition) is 1. The van der Waals surface area contributed by atoms with Crippen LogP contribution < -0.4 is 15.1 Å². The number of carbonyl (C=O) groups is 1. The average Bonchev–Trinajstić information content (AvgIpc) is 2.62. The van der Waals surface area contributed by atoms with Gasteiger partial charge in [0.1, 0.15) is 11.6 Å². The summed E-state index contributed by atoms with van der Waals surface area (Å²) in [4.78, 5) is 20.9. The zero-order valence-electron chi connectivity index (χ0n) is 14.7. The van der Waals surface area contributed by atoms with Gasteiger partial charge in [-0.05, 0) is 49.2 Å². The third-order valence-corrected chi connectivity index (χ3v) is 5.31. The van der Waals surface area contributed by atoms with Gasteiger partial charge in [0.15, 0.2) is 0 Å². The molecule has 26 heavy (non-hydrogen) atoms. The molecule has 2 heterocycles. The summed E-state index contributed by atoms with van der Waals surface area (Å²) in [5.41, 5.74) is 2.11. The minimum atomic E-state index is -0.206. The predicted molar refractivity (Wildman–Crippen MR) is 101 cm³/mol. The molecular formula is C20H23FN4O. The number of rotatable bonds is 4. The maximum atomic E-state index is 13.1. The number of benzene rings is 1. The van der Waals surface area contributed by atoms with Crippen LogP contribution in [-0.2, 0) is 4.79 Å². The van der Waals surface area contributed by atoms with Gasteiger partial charge in [-0.2, -0.15) is 0 Å². The van der Waals surface area contributed by atoms with E-state index in [0.29, 0.717) is 5.82 Å². The fraction of sp³-hybridized carbons (Fsp3) is 0.400. The van der Waals surface area contributed by atoms with E-state index in [-0.39, 0.29) is 17.6 Å². The predicted octanol–water partition coefficient (Wildman–Crippen LogP) is 3.29. The highest BCUT2D eigenvalue weighted by atomic mass is 19.1. The van der Waals surface area contributed by atoms with Crippen LogP contribution in [0.2, 0.25) is 0 Å². The Morgan fingerprint density at radius 1 is 0.962 bits per heavy atom. The van der Waals surface area contributed by atoms with Crippen LogP contribution in [0.25, 0.3) is 0 Å². The van der Waals surface area contributed by atoms with Gasteiger partial charge in [-0.15, -0.1) is 0 Å². The monoisotopic (exact) mass is 354 g/mol. The van der Waals surface area contributed by atoms with E-state index in [0.717, 1.165) is 56.8 Å². The number of anilines is 3. The zero-order chi connectivity index (χ0) is 17.9. The first-order valence-electron chi connectivity index (χ1n) is 9.21. The molecule has 1 N–H and O–H groups in total. The van der Waals surface area contributed by atoms with Gasteiger partial charge in [-0.3, -0.25) is 4.79 Å². The average molecular weight is 354 g/mol. The van der Waals surface area contributed by atoms with E-state index in [4.69, 9.17) is 0 Å². The van der Waals surface area contributed by atoms with Crippen molar-refractivity contribution in [1.29, 1.82) is 0 Å². The summed E-state index contributed by atoms with van der Waals surface area (Å²) in [5.74, 6) is 0.666. The molecule has 0 spiro atoms. The topological polar surface area (TPSA) is 48.5 Å². The lowest BCUT2D eigenvalue weighted by atomic mass is 9.85. The second kappa shape index (κ2) is 7.32. The summed E-state index contributed by atoms with van der Waals surface area (Å²) in [7, 11) is 0. The number of hydrogen-bond acceptors (Lipinski definition) is 4. The Bertz CT molecular complexity index is 750. The molecule has 1 saturated carbocycles.